The zero-order chi connectivity index (χ0) is 11.9. The normalized spacial score (nSPS) is 29.6. The van der Waals surface area contributed by atoms with Crippen LogP contribution in [0, 0.1) is 0 Å². The molecule has 0 saturated carbocycles. The van der Waals surface area contributed by atoms with Crippen molar-refractivity contribution in [2.45, 2.75) is 44.2 Å². The third-order valence-electron chi connectivity index (χ3n) is 3.55. The van der Waals surface area contributed by atoms with Gasteiger partial charge >= 0.3 is 6.03 Å². The highest BCUT2D eigenvalue weighted by molar-refractivity contribution is 5.74. The molecule has 2 atom stereocenters. The molecule has 0 aromatic carbocycles. The molecule has 2 fully saturated rings. The standard InChI is InChI=1S/C12H24N4O/c17-12(16-11-5-3-6-13-8-11)15-9-10-4-1-2-7-14-10/h10-11,13-14H,1-9H2,(H2,15,16,17). The maximum atomic E-state index is 11.7. The molecule has 2 heterocycles. The van der Waals surface area contributed by atoms with Gasteiger partial charge in [0.1, 0.15) is 0 Å². The summed E-state index contributed by atoms with van der Waals surface area (Å²) in [6, 6.07) is 0.730. The molecule has 98 valence electrons. The van der Waals surface area contributed by atoms with Crippen LogP contribution in [0.3, 0.4) is 0 Å². The van der Waals surface area contributed by atoms with Gasteiger partial charge in [0.2, 0.25) is 0 Å². The van der Waals surface area contributed by atoms with Gasteiger partial charge in [0.25, 0.3) is 0 Å². The van der Waals surface area contributed by atoms with Crippen LogP contribution in [0.25, 0.3) is 0 Å². The number of hydrogen-bond donors (Lipinski definition) is 4. The van der Waals surface area contributed by atoms with E-state index in [0.717, 1.165) is 39.0 Å². The van der Waals surface area contributed by atoms with Crippen LogP contribution in [0.2, 0.25) is 0 Å². The molecule has 0 aromatic rings. The van der Waals surface area contributed by atoms with Gasteiger partial charge in [0, 0.05) is 25.2 Å². The summed E-state index contributed by atoms with van der Waals surface area (Å²) >= 11 is 0. The zero-order valence-electron chi connectivity index (χ0n) is 10.4. The first-order valence-electron chi connectivity index (χ1n) is 6.83. The van der Waals surface area contributed by atoms with E-state index in [2.05, 4.69) is 21.3 Å². The first-order chi connectivity index (χ1) is 8.34. The van der Waals surface area contributed by atoms with Crippen LogP contribution in [0.1, 0.15) is 32.1 Å². The summed E-state index contributed by atoms with van der Waals surface area (Å²) in [7, 11) is 0. The number of piperidine rings is 2. The Kier molecular flexibility index (Phi) is 5.07. The van der Waals surface area contributed by atoms with Crippen molar-refractivity contribution in [2.24, 2.45) is 0 Å². The minimum Gasteiger partial charge on any atom is -0.337 e. The summed E-state index contributed by atoms with van der Waals surface area (Å²) in [6.07, 6.45) is 5.94. The molecule has 2 amide bonds. The van der Waals surface area contributed by atoms with Crippen molar-refractivity contribution < 1.29 is 4.79 Å². The van der Waals surface area contributed by atoms with Crippen LogP contribution in [-0.4, -0.2) is 44.3 Å². The second-order valence-corrected chi connectivity index (χ2v) is 5.04. The molecule has 2 saturated heterocycles. The highest BCUT2D eigenvalue weighted by Crippen LogP contribution is 2.05. The van der Waals surface area contributed by atoms with E-state index in [0.29, 0.717) is 12.1 Å². The van der Waals surface area contributed by atoms with E-state index in [4.69, 9.17) is 0 Å². The molecule has 2 aliphatic heterocycles. The molecule has 2 rings (SSSR count). The van der Waals surface area contributed by atoms with Gasteiger partial charge in [-0.2, -0.15) is 0 Å². The van der Waals surface area contributed by atoms with Crippen LogP contribution >= 0.6 is 0 Å². The summed E-state index contributed by atoms with van der Waals surface area (Å²) in [5.74, 6) is 0. The first-order valence-corrected chi connectivity index (χ1v) is 6.83. The van der Waals surface area contributed by atoms with Crippen LogP contribution < -0.4 is 21.3 Å². The molecule has 2 aliphatic rings. The Morgan fingerprint density at radius 1 is 1.18 bits per heavy atom. The second kappa shape index (κ2) is 6.81. The minimum absolute atomic E-state index is 0.0222. The van der Waals surface area contributed by atoms with E-state index in [1.54, 1.807) is 0 Å². The van der Waals surface area contributed by atoms with Gasteiger partial charge in [-0.05, 0) is 38.8 Å². The number of carbonyl (C=O) groups is 1. The molecule has 0 aliphatic carbocycles. The van der Waals surface area contributed by atoms with Crippen molar-refractivity contribution >= 4 is 6.03 Å². The maximum Gasteiger partial charge on any atom is 0.315 e. The fourth-order valence-electron chi connectivity index (χ4n) is 2.53. The van der Waals surface area contributed by atoms with Crippen molar-refractivity contribution in [3.05, 3.63) is 0 Å². The van der Waals surface area contributed by atoms with Gasteiger partial charge in [0.05, 0.1) is 0 Å². The molecular formula is C12H24N4O. The predicted molar refractivity (Wildman–Crippen MR) is 68.1 cm³/mol. The van der Waals surface area contributed by atoms with E-state index in [9.17, 15) is 4.79 Å². The molecule has 4 N–H and O–H groups in total. The lowest BCUT2D eigenvalue weighted by atomic mass is 10.1. The first kappa shape index (κ1) is 12.6. The number of carbonyl (C=O) groups excluding carboxylic acids is 1. The summed E-state index contributed by atoms with van der Waals surface area (Å²) in [5.41, 5.74) is 0. The third-order valence-corrected chi connectivity index (χ3v) is 3.55. The molecule has 0 radical (unpaired) electrons. The highest BCUT2D eigenvalue weighted by atomic mass is 16.2. The Hall–Kier alpha value is -0.810. The molecule has 2 unspecified atom stereocenters. The quantitative estimate of drug-likeness (QED) is 0.569. The lowest BCUT2D eigenvalue weighted by Gasteiger charge is -2.26. The van der Waals surface area contributed by atoms with Crippen molar-refractivity contribution in [1.82, 2.24) is 21.3 Å². The maximum absolute atomic E-state index is 11.7. The lowest BCUT2D eigenvalue weighted by molar-refractivity contribution is 0.231. The monoisotopic (exact) mass is 240 g/mol. The average molecular weight is 240 g/mol. The van der Waals surface area contributed by atoms with Crippen molar-refractivity contribution in [1.29, 1.82) is 0 Å². The number of urea groups is 1. The summed E-state index contributed by atoms with van der Waals surface area (Å²) in [5, 5.41) is 12.7. The van der Waals surface area contributed by atoms with Crippen molar-refractivity contribution in [2.75, 3.05) is 26.2 Å². The zero-order valence-corrected chi connectivity index (χ0v) is 10.4. The second-order valence-electron chi connectivity index (χ2n) is 5.04. The fraction of sp³-hybridized carbons (Fsp3) is 0.917. The smallest absolute Gasteiger partial charge is 0.315 e. The van der Waals surface area contributed by atoms with E-state index >= 15 is 0 Å². The Labute approximate surface area is 103 Å². The Bertz CT molecular complexity index is 235. The Morgan fingerprint density at radius 3 is 2.82 bits per heavy atom. The van der Waals surface area contributed by atoms with Gasteiger partial charge in [-0.1, -0.05) is 6.42 Å². The largest absolute Gasteiger partial charge is 0.337 e. The minimum atomic E-state index is -0.0222. The molecule has 0 bridgehead atoms. The van der Waals surface area contributed by atoms with Crippen molar-refractivity contribution in [3.8, 4) is 0 Å². The van der Waals surface area contributed by atoms with Crippen LogP contribution in [0.15, 0.2) is 0 Å². The van der Waals surface area contributed by atoms with Gasteiger partial charge in [0.15, 0.2) is 0 Å². The van der Waals surface area contributed by atoms with E-state index in [-0.39, 0.29) is 6.03 Å². The van der Waals surface area contributed by atoms with Crippen LogP contribution in [-0.2, 0) is 0 Å². The van der Waals surface area contributed by atoms with Gasteiger partial charge < -0.3 is 21.3 Å². The van der Waals surface area contributed by atoms with Gasteiger partial charge in [-0.3, -0.25) is 0 Å². The topological polar surface area (TPSA) is 65.2 Å². The molecule has 17 heavy (non-hydrogen) atoms. The molecule has 5 nitrogen and oxygen atoms in total. The summed E-state index contributed by atoms with van der Waals surface area (Å²) in [4.78, 5) is 11.7. The van der Waals surface area contributed by atoms with Gasteiger partial charge in [-0.15, -0.1) is 0 Å². The molecule has 0 aromatic heterocycles. The number of rotatable bonds is 3. The summed E-state index contributed by atoms with van der Waals surface area (Å²) in [6.45, 7) is 3.80. The molecule has 5 heteroatoms. The highest BCUT2D eigenvalue weighted by Gasteiger charge is 2.17. The lowest BCUT2D eigenvalue weighted by Crippen LogP contribution is -2.51. The Balaban J connectivity index is 1.59. The molecule has 0 spiro atoms. The van der Waals surface area contributed by atoms with Crippen LogP contribution in [0.4, 0.5) is 4.79 Å². The van der Waals surface area contributed by atoms with Crippen LogP contribution in [0.5, 0.6) is 0 Å². The number of amides is 2. The van der Waals surface area contributed by atoms with E-state index in [1.165, 1.54) is 19.3 Å². The van der Waals surface area contributed by atoms with E-state index < -0.39 is 0 Å². The van der Waals surface area contributed by atoms with Gasteiger partial charge in [-0.25, -0.2) is 4.79 Å². The molecular weight excluding hydrogens is 216 g/mol. The fourth-order valence-corrected chi connectivity index (χ4v) is 2.53. The third kappa shape index (κ3) is 4.52. The summed E-state index contributed by atoms with van der Waals surface area (Å²) < 4.78 is 0. The van der Waals surface area contributed by atoms with Crippen molar-refractivity contribution in [3.63, 3.8) is 0 Å². The predicted octanol–water partition coefficient (Wildman–Crippen LogP) is 0.180. The average Bonchev–Trinajstić information content (AvgIpc) is 2.39. The van der Waals surface area contributed by atoms with E-state index in [1.807, 2.05) is 0 Å². The number of hydrogen-bond acceptors (Lipinski definition) is 3. The Morgan fingerprint density at radius 2 is 2.12 bits per heavy atom. The number of nitrogens with one attached hydrogen (secondary N) is 4. The SMILES string of the molecule is O=C(NCC1CCCCN1)NC1CCCNC1.